The van der Waals surface area contributed by atoms with Crippen LogP contribution < -0.4 is 5.32 Å². The lowest BCUT2D eigenvalue weighted by Crippen LogP contribution is -2.53. The summed E-state index contributed by atoms with van der Waals surface area (Å²) in [6, 6.07) is 15.2. The molecule has 4 nitrogen and oxygen atoms in total. The standard InChI is InChI=1S/C25H33ClN2O2S/c1-6-22(24(30)27-25(3,4)5)28(17-19-9-7-8-18(2)16-19)23(29)14-15-31-21-12-10-20(26)11-13-21/h7-13,16,22H,6,14-15,17H2,1-5H3,(H,27,30)/t22-/m0/s1. The predicted octanol–water partition coefficient (Wildman–Crippen LogP) is 5.85. The number of benzene rings is 2. The normalized spacial score (nSPS) is 12.3. The maximum Gasteiger partial charge on any atom is 0.243 e. The Morgan fingerprint density at radius 2 is 1.81 bits per heavy atom. The molecule has 0 aliphatic rings. The van der Waals surface area contributed by atoms with Crippen molar-refractivity contribution in [1.82, 2.24) is 10.2 Å². The molecule has 6 heteroatoms. The highest BCUT2D eigenvalue weighted by molar-refractivity contribution is 7.99. The summed E-state index contributed by atoms with van der Waals surface area (Å²) >= 11 is 7.56. The van der Waals surface area contributed by atoms with Gasteiger partial charge in [-0.2, -0.15) is 0 Å². The molecule has 2 rings (SSSR count). The van der Waals surface area contributed by atoms with Gasteiger partial charge in [-0.3, -0.25) is 9.59 Å². The fraction of sp³-hybridized carbons (Fsp3) is 0.440. The van der Waals surface area contributed by atoms with Gasteiger partial charge in [0.05, 0.1) is 0 Å². The van der Waals surface area contributed by atoms with Crippen LogP contribution in [0.15, 0.2) is 53.4 Å². The first kappa shape index (κ1) is 25.3. The Morgan fingerprint density at radius 1 is 1.13 bits per heavy atom. The molecule has 1 atom stereocenters. The average Bonchev–Trinajstić information content (AvgIpc) is 2.68. The lowest BCUT2D eigenvalue weighted by atomic mass is 10.0. The second-order valence-corrected chi connectivity index (χ2v) is 10.3. The van der Waals surface area contributed by atoms with Crippen LogP contribution in [0.5, 0.6) is 0 Å². The summed E-state index contributed by atoms with van der Waals surface area (Å²) in [6.45, 7) is 10.3. The van der Waals surface area contributed by atoms with Crippen molar-refractivity contribution in [3.05, 3.63) is 64.7 Å². The summed E-state index contributed by atoms with van der Waals surface area (Å²) in [5.41, 5.74) is 1.81. The highest BCUT2D eigenvalue weighted by Gasteiger charge is 2.30. The molecule has 2 aromatic rings. The number of thioether (sulfide) groups is 1. The smallest absolute Gasteiger partial charge is 0.243 e. The predicted molar refractivity (Wildman–Crippen MR) is 130 cm³/mol. The molecule has 0 aliphatic carbocycles. The SMILES string of the molecule is CC[C@@H](C(=O)NC(C)(C)C)N(Cc1cccc(C)c1)C(=O)CCSc1ccc(Cl)cc1. The van der Waals surface area contributed by atoms with Gasteiger partial charge in [-0.25, -0.2) is 0 Å². The number of hydrogen-bond donors (Lipinski definition) is 1. The van der Waals surface area contributed by atoms with Crippen molar-refractivity contribution >= 4 is 35.2 Å². The van der Waals surface area contributed by atoms with E-state index in [4.69, 9.17) is 11.6 Å². The maximum atomic E-state index is 13.3. The van der Waals surface area contributed by atoms with Gasteiger partial charge < -0.3 is 10.2 Å². The van der Waals surface area contributed by atoms with Gasteiger partial charge in [-0.1, -0.05) is 48.4 Å². The van der Waals surface area contributed by atoms with Crippen molar-refractivity contribution in [2.24, 2.45) is 0 Å². The molecule has 168 valence electrons. The fourth-order valence-electron chi connectivity index (χ4n) is 3.31. The van der Waals surface area contributed by atoms with Crippen molar-refractivity contribution in [2.45, 2.75) is 70.5 Å². The van der Waals surface area contributed by atoms with Crippen molar-refractivity contribution in [1.29, 1.82) is 0 Å². The van der Waals surface area contributed by atoms with Crippen LogP contribution in [0.1, 0.15) is 51.7 Å². The summed E-state index contributed by atoms with van der Waals surface area (Å²) in [7, 11) is 0. The number of nitrogens with zero attached hydrogens (tertiary/aromatic N) is 1. The molecule has 2 aromatic carbocycles. The molecule has 0 bridgehead atoms. The van der Waals surface area contributed by atoms with E-state index in [0.717, 1.165) is 16.0 Å². The van der Waals surface area contributed by atoms with E-state index in [1.54, 1.807) is 16.7 Å². The van der Waals surface area contributed by atoms with Gasteiger partial charge in [0.1, 0.15) is 6.04 Å². The second-order valence-electron chi connectivity index (χ2n) is 8.73. The molecule has 0 unspecified atom stereocenters. The van der Waals surface area contributed by atoms with E-state index in [9.17, 15) is 9.59 Å². The van der Waals surface area contributed by atoms with Crippen molar-refractivity contribution in [2.75, 3.05) is 5.75 Å². The second kappa shape index (κ2) is 11.6. The van der Waals surface area contributed by atoms with Crippen molar-refractivity contribution in [3.63, 3.8) is 0 Å². The van der Waals surface area contributed by atoms with E-state index in [-0.39, 0.29) is 17.4 Å². The summed E-state index contributed by atoms with van der Waals surface area (Å²) in [5, 5.41) is 3.73. The molecule has 0 aromatic heterocycles. The van der Waals surface area contributed by atoms with Crippen molar-refractivity contribution in [3.8, 4) is 0 Å². The molecule has 31 heavy (non-hydrogen) atoms. The number of carbonyl (C=O) groups is 2. The quantitative estimate of drug-likeness (QED) is 0.477. The Morgan fingerprint density at radius 3 is 2.39 bits per heavy atom. The molecule has 1 N–H and O–H groups in total. The van der Waals surface area contributed by atoms with Gasteiger partial charge >= 0.3 is 0 Å². The van der Waals surface area contributed by atoms with Gasteiger partial charge in [0.25, 0.3) is 0 Å². The van der Waals surface area contributed by atoms with E-state index in [2.05, 4.69) is 11.4 Å². The fourth-order valence-corrected chi connectivity index (χ4v) is 4.28. The summed E-state index contributed by atoms with van der Waals surface area (Å²) in [5.74, 6) is 0.516. The number of aryl methyl sites for hydroxylation is 1. The zero-order valence-electron chi connectivity index (χ0n) is 19.1. The Kier molecular flexibility index (Phi) is 9.45. The first-order chi connectivity index (χ1) is 14.6. The Hall–Kier alpha value is -1.98. The van der Waals surface area contributed by atoms with Crippen LogP contribution in [0.2, 0.25) is 5.02 Å². The Labute approximate surface area is 195 Å². The highest BCUT2D eigenvalue weighted by atomic mass is 35.5. The minimum absolute atomic E-state index is 0.0149. The molecule has 0 heterocycles. The molecule has 0 fully saturated rings. The lowest BCUT2D eigenvalue weighted by Gasteiger charge is -2.33. The van der Waals surface area contributed by atoms with Crippen LogP contribution in [0, 0.1) is 6.92 Å². The van der Waals surface area contributed by atoms with Crippen LogP contribution in [-0.2, 0) is 16.1 Å². The minimum Gasteiger partial charge on any atom is -0.350 e. The van der Waals surface area contributed by atoms with Crippen LogP contribution >= 0.6 is 23.4 Å². The van der Waals surface area contributed by atoms with Gasteiger partial charge in [-0.15, -0.1) is 11.8 Å². The van der Waals surface area contributed by atoms with E-state index in [0.29, 0.717) is 30.2 Å². The van der Waals surface area contributed by atoms with Gasteiger partial charge in [0.2, 0.25) is 11.8 Å². The first-order valence-corrected chi connectivity index (χ1v) is 12.0. The zero-order chi connectivity index (χ0) is 23.0. The molecule has 0 radical (unpaired) electrons. The number of carbonyl (C=O) groups excluding carboxylic acids is 2. The van der Waals surface area contributed by atoms with Crippen LogP contribution in [0.4, 0.5) is 0 Å². The minimum atomic E-state index is -0.507. The maximum absolute atomic E-state index is 13.3. The topological polar surface area (TPSA) is 49.4 Å². The molecule has 2 amide bonds. The zero-order valence-corrected chi connectivity index (χ0v) is 20.6. The average molecular weight is 461 g/mol. The summed E-state index contributed by atoms with van der Waals surface area (Å²) in [6.07, 6.45) is 0.919. The number of rotatable bonds is 9. The summed E-state index contributed by atoms with van der Waals surface area (Å²) in [4.78, 5) is 29.1. The molecule has 0 aliphatic heterocycles. The third-order valence-electron chi connectivity index (χ3n) is 4.72. The number of hydrogen-bond acceptors (Lipinski definition) is 3. The Balaban J connectivity index is 2.15. The highest BCUT2D eigenvalue weighted by Crippen LogP contribution is 2.22. The van der Waals surface area contributed by atoms with E-state index in [1.807, 2.05) is 77.1 Å². The van der Waals surface area contributed by atoms with E-state index >= 15 is 0 Å². The van der Waals surface area contributed by atoms with E-state index in [1.165, 1.54) is 0 Å². The Bertz CT molecular complexity index is 878. The van der Waals surface area contributed by atoms with Crippen molar-refractivity contribution < 1.29 is 9.59 Å². The van der Waals surface area contributed by atoms with E-state index < -0.39 is 6.04 Å². The number of nitrogens with one attached hydrogen (secondary N) is 1. The third-order valence-corrected chi connectivity index (χ3v) is 5.98. The number of halogens is 1. The van der Waals surface area contributed by atoms with Crippen LogP contribution in [0.3, 0.4) is 0 Å². The summed E-state index contributed by atoms with van der Waals surface area (Å²) < 4.78 is 0. The lowest BCUT2D eigenvalue weighted by molar-refractivity contribution is -0.141. The van der Waals surface area contributed by atoms with Gasteiger partial charge in [-0.05, 0) is 63.9 Å². The number of amides is 2. The molecular weight excluding hydrogens is 428 g/mol. The molecular formula is C25H33ClN2O2S. The molecule has 0 saturated heterocycles. The monoisotopic (exact) mass is 460 g/mol. The molecule has 0 spiro atoms. The van der Waals surface area contributed by atoms with Gasteiger partial charge in [0, 0.05) is 34.2 Å². The van der Waals surface area contributed by atoms with Crippen LogP contribution in [0.25, 0.3) is 0 Å². The largest absolute Gasteiger partial charge is 0.350 e. The third kappa shape index (κ3) is 8.58. The van der Waals surface area contributed by atoms with Gasteiger partial charge in [0.15, 0.2) is 0 Å². The van der Waals surface area contributed by atoms with Crippen LogP contribution in [-0.4, -0.2) is 34.0 Å². The molecule has 0 saturated carbocycles. The first-order valence-electron chi connectivity index (χ1n) is 10.6.